The number of benzene rings is 2. The van der Waals surface area contributed by atoms with E-state index in [4.69, 9.17) is 9.47 Å². The summed E-state index contributed by atoms with van der Waals surface area (Å²) in [6.45, 7) is 4.77. The highest BCUT2D eigenvalue weighted by molar-refractivity contribution is 14.0. The van der Waals surface area contributed by atoms with Gasteiger partial charge in [0, 0.05) is 56.6 Å². The number of ether oxygens (including phenoxy) is 2. The lowest BCUT2D eigenvalue weighted by atomic mass is 10.1. The molecule has 1 atom stereocenters. The van der Waals surface area contributed by atoms with E-state index in [0.717, 1.165) is 49.2 Å². The first-order valence-corrected chi connectivity index (χ1v) is 9.62. The Labute approximate surface area is 190 Å². The van der Waals surface area contributed by atoms with Crippen LogP contribution >= 0.6 is 24.0 Å². The molecule has 0 bridgehead atoms. The fourth-order valence-corrected chi connectivity index (χ4v) is 3.46. The Balaban J connectivity index is 0.00000300. The van der Waals surface area contributed by atoms with E-state index in [0.29, 0.717) is 6.04 Å². The molecule has 1 aliphatic heterocycles. The van der Waals surface area contributed by atoms with Crippen molar-refractivity contribution in [2.24, 2.45) is 4.99 Å². The van der Waals surface area contributed by atoms with Crippen LogP contribution in [0.4, 0.5) is 5.69 Å². The van der Waals surface area contributed by atoms with Crippen molar-refractivity contribution in [3.05, 3.63) is 53.6 Å². The molecule has 7 heteroatoms. The van der Waals surface area contributed by atoms with Crippen molar-refractivity contribution in [1.29, 1.82) is 0 Å². The number of hydrogen-bond donors (Lipinski definition) is 2. The van der Waals surface area contributed by atoms with Crippen LogP contribution in [0.3, 0.4) is 0 Å². The van der Waals surface area contributed by atoms with E-state index in [1.807, 2.05) is 13.1 Å². The molecule has 2 aromatic rings. The summed E-state index contributed by atoms with van der Waals surface area (Å²) in [6, 6.07) is 14.7. The average Bonchev–Trinajstić information content (AvgIpc) is 3.20. The summed E-state index contributed by atoms with van der Waals surface area (Å²) in [7, 11) is 5.17. The van der Waals surface area contributed by atoms with Gasteiger partial charge in [-0.05, 0) is 24.5 Å². The van der Waals surface area contributed by atoms with Gasteiger partial charge in [-0.3, -0.25) is 4.99 Å². The predicted molar refractivity (Wildman–Crippen MR) is 130 cm³/mol. The van der Waals surface area contributed by atoms with Gasteiger partial charge in [0.15, 0.2) is 5.96 Å². The van der Waals surface area contributed by atoms with Crippen LogP contribution in [-0.2, 0) is 6.54 Å². The van der Waals surface area contributed by atoms with E-state index in [1.165, 1.54) is 11.1 Å². The van der Waals surface area contributed by atoms with Crippen molar-refractivity contribution in [3.63, 3.8) is 0 Å². The van der Waals surface area contributed by atoms with Crippen LogP contribution in [0, 0.1) is 6.92 Å². The lowest BCUT2D eigenvalue weighted by molar-refractivity contribution is 0.394. The molecule has 3 rings (SSSR count). The topological polar surface area (TPSA) is 58.1 Å². The second-order valence-electron chi connectivity index (χ2n) is 7.00. The maximum Gasteiger partial charge on any atom is 0.191 e. The molecule has 1 saturated heterocycles. The molecule has 0 radical (unpaired) electrons. The molecule has 2 N–H and O–H groups in total. The fourth-order valence-electron chi connectivity index (χ4n) is 3.46. The number of nitrogens with zero attached hydrogens (tertiary/aromatic N) is 2. The number of anilines is 1. The van der Waals surface area contributed by atoms with Gasteiger partial charge in [0.1, 0.15) is 11.5 Å². The molecule has 2 aromatic carbocycles. The molecule has 0 spiro atoms. The van der Waals surface area contributed by atoms with Gasteiger partial charge in [-0.2, -0.15) is 0 Å². The second kappa shape index (κ2) is 11.1. The van der Waals surface area contributed by atoms with E-state index >= 15 is 0 Å². The Hall–Kier alpha value is -2.16. The third kappa shape index (κ3) is 6.16. The molecule has 0 saturated carbocycles. The molecule has 1 unspecified atom stereocenters. The minimum Gasteiger partial charge on any atom is -0.497 e. The van der Waals surface area contributed by atoms with Crippen LogP contribution in [-0.4, -0.2) is 46.4 Å². The van der Waals surface area contributed by atoms with Gasteiger partial charge in [-0.15, -0.1) is 24.0 Å². The van der Waals surface area contributed by atoms with Gasteiger partial charge in [0.05, 0.1) is 14.2 Å². The SMILES string of the molecule is CN=C(NCc1ccccc1C)NC1CCN(c2cc(OC)cc(OC)c2)C1.I. The van der Waals surface area contributed by atoms with Crippen LogP contribution < -0.4 is 25.0 Å². The number of aryl methyl sites for hydroxylation is 1. The molecular weight excluding hydrogens is 479 g/mol. The standard InChI is InChI=1S/C22H30N4O2.HI/c1-16-7-5-6-8-17(16)14-24-22(23-2)25-18-9-10-26(15-18)19-11-20(27-3)13-21(12-19)28-4;/h5-8,11-13,18H,9-10,14-15H2,1-4H3,(H2,23,24,25);1H. The quantitative estimate of drug-likeness (QED) is 0.354. The highest BCUT2D eigenvalue weighted by Gasteiger charge is 2.24. The minimum atomic E-state index is 0. The summed E-state index contributed by atoms with van der Waals surface area (Å²) in [4.78, 5) is 6.73. The Morgan fingerprint density at radius 2 is 1.83 bits per heavy atom. The van der Waals surface area contributed by atoms with Crippen molar-refractivity contribution >= 4 is 35.6 Å². The zero-order chi connectivity index (χ0) is 19.9. The third-order valence-corrected chi connectivity index (χ3v) is 5.16. The molecule has 1 fully saturated rings. The monoisotopic (exact) mass is 510 g/mol. The number of hydrogen-bond acceptors (Lipinski definition) is 4. The summed E-state index contributed by atoms with van der Waals surface area (Å²) in [6.07, 6.45) is 1.05. The summed E-state index contributed by atoms with van der Waals surface area (Å²) in [5, 5.41) is 6.97. The van der Waals surface area contributed by atoms with Crippen LogP contribution in [0.5, 0.6) is 11.5 Å². The number of aliphatic imine (C=N–C) groups is 1. The first-order valence-electron chi connectivity index (χ1n) is 9.62. The van der Waals surface area contributed by atoms with Crippen LogP contribution in [0.1, 0.15) is 17.5 Å². The van der Waals surface area contributed by atoms with E-state index in [-0.39, 0.29) is 24.0 Å². The van der Waals surface area contributed by atoms with Crippen molar-refractivity contribution < 1.29 is 9.47 Å². The van der Waals surface area contributed by atoms with Crippen molar-refractivity contribution in [2.45, 2.75) is 25.9 Å². The van der Waals surface area contributed by atoms with Gasteiger partial charge in [0.25, 0.3) is 0 Å². The van der Waals surface area contributed by atoms with Gasteiger partial charge >= 0.3 is 0 Å². The Kier molecular flexibility index (Phi) is 8.88. The highest BCUT2D eigenvalue weighted by atomic mass is 127. The molecule has 1 aliphatic rings. The smallest absolute Gasteiger partial charge is 0.191 e. The summed E-state index contributed by atoms with van der Waals surface area (Å²) < 4.78 is 10.8. The average molecular weight is 510 g/mol. The second-order valence-corrected chi connectivity index (χ2v) is 7.00. The molecule has 0 aromatic heterocycles. The first-order chi connectivity index (χ1) is 13.6. The van der Waals surface area contributed by atoms with E-state index in [9.17, 15) is 0 Å². The zero-order valence-electron chi connectivity index (χ0n) is 17.6. The highest BCUT2D eigenvalue weighted by Crippen LogP contribution is 2.30. The number of halogens is 1. The lowest BCUT2D eigenvalue weighted by Crippen LogP contribution is -2.44. The van der Waals surface area contributed by atoms with Gasteiger partial charge < -0.3 is 25.0 Å². The number of guanidine groups is 1. The maximum absolute atomic E-state index is 5.40. The molecular formula is C22H31IN4O2. The van der Waals surface area contributed by atoms with Crippen LogP contribution in [0.2, 0.25) is 0 Å². The van der Waals surface area contributed by atoms with Crippen molar-refractivity contribution in [2.75, 3.05) is 39.3 Å². The normalized spacial score (nSPS) is 16.2. The van der Waals surface area contributed by atoms with Crippen LogP contribution in [0.25, 0.3) is 0 Å². The number of nitrogens with one attached hydrogen (secondary N) is 2. The largest absolute Gasteiger partial charge is 0.497 e. The van der Waals surface area contributed by atoms with E-state index < -0.39 is 0 Å². The predicted octanol–water partition coefficient (Wildman–Crippen LogP) is 3.57. The Bertz CT molecular complexity index is 806. The molecule has 1 heterocycles. The van der Waals surface area contributed by atoms with E-state index in [1.54, 1.807) is 14.2 Å². The van der Waals surface area contributed by atoms with E-state index in [2.05, 4.69) is 63.8 Å². The summed E-state index contributed by atoms with van der Waals surface area (Å²) in [5.74, 6) is 2.45. The van der Waals surface area contributed by atoms with Gasteiger partial charge in [-0.25, -0.2) is 0 Å². The van der Waals surface area contributed by atoms with Crippen LogP contribution in [0.15, 0.2) is 47.5 Å². The molecule has 158 valence electrons. The molecule has 0 aliphatic carbocycles. The van der Waals surface area contributed by atoms with Crippen molar-refractivity contribution in [1.82, 2.24) is 10.6 Å². The number of rotatable bonds is 6. The Morgan fingerprint density at radius 1 is 1.14 bits per heavy atom. The summed E-state index contributed by atoms with van der Waals surface area (Å²) in [5.41, 5.74) is 3.68. The van der Waals surface area contributed by atoms with Crippen molar-refractivity contribution in [3.8, 4) is 11.5 Å². The number of methoxy groups -OCH3 is 2. The van der Waals surface area contributed by atoms with Gasteiger partial charge in [-0.1, -0.05) is 24.3 Å². The maximum atomic E-state index is 5.40. The molecule has 29 heavy (non-hydrogen) atoms. The Morgan fingerprint density at radius 3 is 2.45 bits per heavy atom. The molecule has 6 nitrogen and oxygen atoms in total. The minimum absolute atomic E-state index is 0. The summed E-state index contributed by atoms with van der Waals surface area (Å²) >= 11 is 0. The zero-order valence-corrected chi connectivity index (χ0v) is 19.9. The fraction of sp³-hybridized carbons (Fsp3) is 0.409. The first kappa shape index (κ1) is 23.1. The third-order valence-electron chi connectivity index (χ3n) is 5.16. The molecule has 0 amide bonds. The van der Waals surface area contributed by atoms with Gasteiger partial charge in [0.2, 0.25) is 0 Å². The lowest BCUT2D eigenvalue weighted by Gasteiger charge is -2.21.